The lowest BCUT2D eigenvalue weighted by atomic mass is 9.95. The highest BCUT2D eigenvalue weighted by atomic mass is 16.3. The van der Waals surface area contributed by atoms with Crippen LogP contribution in [0.3, 0.4) is 0 Å². The maximum atomic E-state index is 6.82. The SMILES string of the molecule is c1ccc(C2=NC(c3ccc4c(c3)c3ccccc3n4-c3ccccc3)NC(c3ccc(-c4cccc5c4oc4ccc6c(-c7ccccc7)nc7ccccc7c6c45)cc3)=N2)cc1. The first kappa shape index (κ1) is 36.1. The molecule has 0 saturated carbocycles. The number of aliphatic imine (C=N–C) groups is 2. The third-order valence-electron chi connectivity index (χ3n) is 12.6. The lowest BCUT2D eigenvalue weighted by Crippen LogP contribution is -2.33. The Bertz CT molecular complexity index is 3850. The summed E-state index contributed by atoms with van der Waals surface area (Å²) in [6, 6.07) is 74.3. The van der Waals surface area contributed by atoms with E-state index in [0.29, 0.717) is 5.84 Å². The van der Waals surface area contributed by atoms with E-state index in [1.807, 2.05) is 24.3 Å². The van der Waals surface area contributed by atoms with Gasteiger partial charge in [0, 0.05) is 65.6 Å². The predicted molar refractivity (Wildman–Crippen MR) is 264 cm³/mol. The van der Waals surface area contributed by atoms with E-state index in [1.165, 1.54) is 16.3 Å². The zero-order valence-electron chi connectivity index (χ0n) is 34.5. The molecule has 1 aliphatic rings. The molecule has 0 bridgehead atoms. The first-order valence-corrected chi connectivity index (χ1v) is 21.6. The number of para-hydroxylation sites is 4. The summed E-state index contributed by atoms with van der Waals surface area (Å²) < 4.78 is 9.16. The minimum Gasteiger partial charge on any atom is -0.455 e. The molecule has 0 radical (unpaired) electrons. The number of nitrogens with one attached hydrogen (secondary N) is 1. The maximum absolute atomic E-state index is 6.82. The Labute approximate surface area is 368 Å². The molecule has 1 aliphatic heterocycles. The second kappa shape index (κ2) is 14.5. The van der Waals surface area contributed by atoms with Crippen molar-refractivity contribution in [1.82, 2.24) is 14.9 Å². The molecule has 12 aromatic rings. The van der Waals surface area contributed by atoms with Crippen molar-refractivity contribution < 1.29 is 4.42 Å². The molecule has 13 rings (SSSR count). The summed E-state index contributed by atoms with van der Waals surface area (Å²) in [6.45, 7) is 0. The van der Waals surface area contributed by atoms with E-state index in [9.17, 15) is 0 Å². The van der Waals surface area contributed by atoms with Gasteiger partial charge in [0.1, 0.15) is 23.2 Å². The number of hydrogen-bond acceptors (Lipinski definition) is 5. The first-order chi connectivity index (χ1) is 31.7. The maximum Gasteiger partial charge on any atom is 0.159 e. The Morgan fingerprint density at radius 1 is 0.469 bits per heavy atom. The molecule has 6 nitrogen and oxygen atoms in total. The summed E-state index contributed by atoms with van der Waals surface area (Å²) >= 11 is 0. The minimum atomic E-state index is -0.363. The third kappa shape index (κ3) is 5.77. The summed E-state index contributed by atoms with van der Waals surface area (Å²) in [4.78, 5) is 15.6. The van der Waals surface area contributed by atoms with E-state index in [0.717, 1.165) is 99.7 Å². The smallest absolute Gasteiger partial charge is 0.159 e. The van der Waals surface area contributed by atoms with Crippen LogP contribution < -0.4 is 5.32 Å². The van der Waals surface area contributed by atoms with Crippen LogP contribution in [0.2, 0.25) is 0 Å². The standard InChI is InChI=1S/C58H37N5O/c1-4-15-37(16-5-1)54-45-32-34-51-53(52(45)44-22-10-12-25-48(44)59-54)46-24-14-23-42(55(46)64-51)36-27-29-39(30-28-36)57-60-56(38-17-6-2-7-18-38)61-58(62-57)40-31-33-50-47(35-40)43-21-11-13-26-49(43)63(50)41-19-8-3-9-20-41/h1-35,58H,(H,60,61,62). The van der Waals surface area contributed by atoms with Crippen LogP contribution in [0.1, 0.15) is 22.9 Å². The second-order valence-electron chi connectivity index (χ2n) is 16.4. The Kier molecular flexibility index (Phi) is 8.18. The largest absolute Gasteiger partial charge is 0.455 e. The fraction of sp³-hybridized carbons (Fsp3) is 0.0172. The van der Waals surface area contributed by atoms with Crippen molar-refractivity contribution in [2.24, 2.45) is 9.98 Å². The Balaban J connectivity index is 0.903. The number of rotatable bonds is 6. The van der Waals surface area contributed by atoms with Crippen LogP contribution >= 0.6 is 0 Å². The van der Waals surface area contributed by atoms with Gasteiger partial charge in [-0.15, -0.1) is 0 Å². The Morgan fingerprint density at radius 2 is 1.14 bits per heavy atom. The van der Waals surface area contributed by atoms with Crippen LogP contribution in [0, 0.1) is 0 Å². The van der Waals surface area contributed by atoms with E-state index < -0.39 is 0 Å². The number of amidine groups is 2. The van der Waals surface area contributed by atoms with Crippen molar-refractivity contribution in [1.29, 1.82) is 0 Å². The molecule has 6 heteroatoms. The molecule has 0 aliphatic carbocycles. The number of furan rings is 1. The van der Waals surface area contributed by atoms with E-state index in [4.69, 9.17) is 19.4 Å². The Morgan fingerprint density at radius 3 is 1.95 bits per heavy atom. The zero-order valence-corrected chi connectivity index (χ0v) is 34.5. The first-order valence-electron chi connectivity index (χ1n) is 21.6. The Hall–Kier alpha value is -8.61. The van der Waals surface area contributed by atoms with Crippen LogP contribution in [0.5, 0.6) is 0 Å². The quantitative estimate of drug-likeness (QED) is 0.170. The van der Waals surface area contributed by atoms with Crippen molar-refractivity contribution in [2.45, 2.75) is 6.17 Å². The van der Waals surface area contributed by atoms with E-state index in [2.05, 4.69) is 198 Å². The summed E-state index contributed by atoms with van der Waals surface area (Å²) in [6.07, 6.45) is -0.363. The van der Waals surface area contributed by atoms with Crippen LogP contribution in [0.15, 0.2) is 227 Å². The van der Waals surface area contributed by atoms with Crippen molar-refractivity contribution in [3.63, 3.8) is 0 Å². The number of aromatic nitrogens is 2. The average molecular weight is 820 g/mol. The molecule has 64 heavy (non-hydrogen) atoms. The van der Waals surface area contributed by atoms with Gasteiger partial charge in [-0.3, -0.25) is 0 Å². The van der Waals surface area contributed by atoms with Gasteiger partial charge in [-0.25, -0.2) is 15.0 Å². The number of hydrogen-bond donors (Lipinski definition) is 1. The van der Waals surface area contributed by atoms with Gasteiger partial charge in [-0.1, -0.05) is 164 Å². The van der Waals surface area contributed by atoms with Crippen molar-refractivity contribution in [3.8, 4) is 28.1 Å². The van der Waals surface area contributed by atoms with Gasteiger partial charge in [-0.05, 0) is 59.7 Å². The van der Waals surface area contributed by atoms with E-state index >= 15 is 0 Å². The van der Waals surface area contributed by atoms with Crippen molar-refractivity contribution in [2.75, 3.05) is 0 Å². The molecule has 4 heterocycles. The molecule has 0 fully saturated rings. The molecule has 9 aromatic carbocycles. The highest BCUT2D eigenvalue weighted by molar-refractivity contribution is 6.29. The molecule has 1 N–H and O–H groups in total. The van der Waals surface area contributed by atoms with Gasteiger partial charge >= 0.3 is 0 Å². The van der Waals surface area contributed by atoms with Gasteiger partial charge < -0.3 is 14.3 Å². The average Bonchev–Trinajstić information content (AvgIpc) is 3.93. The molecule has 1 unspecified atom stereocenters. The van der Waals surface area contributed by atoms with E-state index in [1.54, 1.807) is 0 Å². The third-order valence-corrected chi connectivity index (χ3v) is 12.6. The monoisotopic (exact) mass is 819 g/mol. The van der Waals surface area contributed by atoms with Crippen molar-refractivity contribution >= 4 is 77.1 Å². The summed E-state index contributed by atoms with van der Waals surface area (Å²) in [5.41, 5.74) is 13.3. The fourth-order valence-corrected chi connectivity index (χ4v) is 9.68. The van der Waals surface area contributed by atoms with Crippen LogP contribution in [-0.4, -0.2) is 21.2 Å². The number of nitrogens with zero attached hydrogens (tertiary/aromatic N) is 4. The fourth-order valence-electron chi connectivity index (χ4n) is 9.68. The predicted octanol–water partition coefficient (Wildman–Crippen LogP) is 14.2. The highest BCUT2D eigenvalue weighted by Gasteiger charge is 2.24. The lowest BCUT2D eigenvalue weighted by molar-refractivity contribution is 0.670. The van der Waals surface area contributed by atoms with Gasteiger partial charge in [0.15, 0.2) is 5.84 Å². The van der Waals surface area contributed by atoms with E-state index in [-0.39, 0.29) is 6.17 Å². The zero-order chi connectivity index (χ0) is 42.1. The number of pyridine rings is 1. The summed E-state index contributed by atoms with van der Waals surface area (Å²) in [5, 5.41) is 11.6. The van der Waals surface area contributed by atoms with Crippen molar-refractivity contribution in [3.05, 3.63) is 229 Å². The summed E-state index contributed by atoms with van der Waals surface area (Å²) in [7, 11) is 0. The van der Waals surface area contributed by atoms with Gasteiger partial charge in [-0.2, -0.15) is 0 Å². The lowest BCUT2D eigenvalue weighted by Gasteiger charge is -2.24. The molecule has 1 atom stereocenters. The topological polar surface area (TPSA) is 67.7 Å². The number of benzene rings is 9. The molecule has 0 spiro atoms. The van der Waals surface area contributed by atoms with Crippen LogP contribution in [0.25, 0.3) is 93.5 Å². The second-order valence-corrected chi connectivity index (χ2v) is 16.4. The van der Waals surface area contributed by atoms with Gasteiger partial charge in [0.2, 0.25) is 0 Å². The minimum absolute atomic E-state index is 0.363. The number of fused-ring (bicyclic) bond motifs is 10. The van der Waals surface area contributed by atoms with Gasteiger partial charge in [0.25, 0.3) is 0 Å². The molecular weight excluding hydrogens is 783 g/mol. The van der Waals surface area contributed by atoms with Gasteiger partial charge in [0.05, 0.1) is 22.2 Å². The molecule has 0 saturated heterocycles. The normalized spacial score (nSPS) is 14.1. The molecule has 3 aromatic heterocycles. The molecule has 0 amide bonds. The van der Waals surface area contributed by atoms with Crippen LogP contribution in [-0.2, 0) is 0 Å². The highest BCUT2D eigenvalue weighted by Crippen LogP contribution is 2.43. The summed E-state index contributed by atoms with van der Waals surface area (Å²) in [5.74, 6) is 1.45. The van der Waals surface area contributed by atoms with Crippen LogP contribution in [0.4, 0.5) is 0 Å². The molecule has 300 valence electrons. The molecular formula is C58H37N5O.